The number of ether oxygens (including phenoxy) is 8. The third-order valence-electron chi connectivity index (χ3n) is 14.1. The first-order valence-corrected chi connectivity index (χ1v) is 21.2. The molecule has 8 rings (SSSR count). The molecule has 0 aromatic rings. The fourth-order valence-corrected chi connectivity index (χ4v) is 11.0. The summed E-state index contributed by atoms with van der Waals surface area (Å²) in [7, 11) is 1.62. The van der Waals surface area contributed by atoms with Crippen molar-refractivity contribution in [1.82, 2.24) is 0 Å². The maximum Gasteiger partial charge on any atom is 0.185 e. The Balaban J connectivity index is 1.11. The van der Waals surface area contributed by atoms with Gasteiger partial charge in [0.2, 0.25) is 0 Å². The van der Waals surface area contributed by atoms with Gasteiger partial charge < -0.3 is 48.1 Å². The van der Waals surface area contributed by atoms with Gasteiger partial charge in [-0.3, -0.25) is 0 Å². The molecule has 0 radical (unpaired) electrons. The predicted octanol–water partition coefficient (Wildman–Crippen LogP) is 6.83. The highest BCUT2D eigenvalue weighted by atomic mass is 16.8. The molecule has 6 fully saturated rings. The molecular formula is C44H66O10. The van der Waals surface area contributed by atoms with Crippen LogP contribution >= 0.6 is 0 Å². The maximum atomic E-state index is 12.6. The van der Waals surface area contributed by atoms with E-state index in [9.17, 15) is 10.2 Å². The Kier molecular flexibility index (Phi) is 11.7. The van der Waals surface area contributed by atoms with Crippen LogP contribution in [0.1, 0.15) is 112 Å². The Labute approximate surface area is 322 Å². The van der Waals surface area contributed by atoms with Gasteiger partial charge >= 0.3 is 0 Å². The van der Waals surface area contributed by atoms with Gasteiger partial charge in [-0.25, -0.2) is 0 Å². The molecular weight excluding hydrogens is 688 g/mol. The first kappa shape index (κ1) is 39.4. The Morgan fingerprint density at radius 2 is 1.74 bits per heavy atom. The number of fused-ring (bicyclic) bond motifs is 4. The molecule has 10 heteroatoms. The molecule has 2 aliphatic carbocycles. The summed E-state index contributed by atoms with van der Waals surface area (Å²) in [6.45, 7) is 11.0. The third kappa shape index (κ3) is 7.88. The normalized spacial score (nSPS) is 51.4. The van der Waals surface area contributed by atoms with E-state index in [1.54, 1.807) is 7.11 Å². The summed E-state index contributed by atoms with van der Waals surface area (Å²) >= 11 is 0. The lowest BCUT2D eigenvalue weighted by Crippen LogP contribution is -2.55. The topological polar surface area (TPSA) is 118 Å². The molecule has 0 amide bonds. The van der Waals surface area contributed by atoms with Crippen molar-refractivity contribution < 1.29 is 48.1 Å². The van der Waals surface area contributed by atoms with Gasteiger partial charge in [0.25, 0.3) is 0 Å². The van der Waals surface area contributed by atoms with Crippen LogP contribution in [0.2, 0.25) is 0 Å². The van der Waals surface area contributed by atoms with Crippen molar-refractivity contribution in [2.24, 2.45) is 23.7 Å². The fraction of sp³-hybridized carbons (Fsp3) is 0.818. The van der Waals surface area contributed by atoms with E-state index < -0.39 is 36.2 Å². The molecule has 6 heterocycles. The Morgan fingerprint density at radius 1 is 0.926 bits per heavy atom. The van der Waals surface area contributed by atoms with Gasteiger partial charge in [-0.15, -0.1) is 0 Å². The van der Waals surface area contributed by atoms with Crippen molar-refractivity contribution in [3.8, 4) is 0 Å². The van der Waals surface area contributed by atoms with E-state index in [0.717, 1.165) is 30.4 Å². The van der Waals surface area contributed by atoms with E-state index in [-0.39, 0.29) is 54.6 Å². The molecule has 1 saturated carbocycles. The molecule has 2 unspecified atom stereocenters. The number of hydrogen-bond donors (Lipinski definition) is 2. The van der Waals surface area contributed by atoms with Gasteiger partial charge in [-0.05, 0) is 75.9 Å². The molecule has 2 bridgehead atoms. The summed E-state index contributed by atoms with van der Waals surface area (Å²) in [6, 6.07) is 0. The van der Waals surface area contributed by atoms with Gasteiger partial charge in [0.05, 0.1) is 49.3 Å². The largest absolute Gasteiger partial charge is 0.388 e. The number of epoxide rings is 1. The molecule has 54 heavy (non-hydrogen) atoms. The second-order valence-corrected chi connectivity index (χ2v) is 18.1. The molecule has 302 valence electrons. The van der Waals surface area contributed by atoms with Crippen LogP contribution in [-0.2, 0) is 37.9 Å². The molecule has 10 nitrogen and oxygen atoms in total. The van der Waals surface area contributed by atoms with E-state index in [1.165, 1.54) is 37.7 Å². The number of methoxy groups -OCH3 is 1. The molecule has 2 N–H and O–H groups in total. The standard InChI is InChI=1S/C44H66O10/c1-25-19-34-41-42(52-41)50-33-21-32(53-43(23-33)18-17-28(4)40(54-43)30-12-8-7-9-13-30)16-15-27(3)39(51-37-22-35(47-6)38(45)29(5)49-37)26(2)11-10-14-31-24-48-36(20-25)44(31,34)46/h10-11,14-15,19,26,28-30,32-42,45-46H,7-9,12-13,16-18,20-24H2,1-6H3/b11-10+,27-15+,31-14+/t26-,28-,29-,32+,33-,34-,35-,36+,37-,38-,39-,40-,41?,42?,43+,44+/m0/s1. The zero-order valence-electron chi connectivity index (χ0n) is 33.4. The first-order chi connectivity index (χ1) is 26.0. The monoisotopic (exact) mass is 754 g/mol. The summed E-state index contributed by atoms with van der Waals surface area (Å²) in [6.07, 6.45) is 18.7. The van der Waals surface area contributed by atoms with E-state index in [0.29, 0.717) is 44.1 Å². The predicted molar refractivity (Wildman–Crippen MR) is 202 cm³/mol. The quantitative estimate of drug-likeness (QED) is 0.234. The van der Waals surface area contributed by atoms with Crippen molar-refractivity contribution in [2.45, 2.75) is 191 Å². The molecule has 5 saturated heterocycles. The average molecular weight is 755 g/mol. The van der Waals surface area contributed by atoms with Crippen LogP contribution in [-0.4, -0.2) is 103 Å². The maximum absolute atomic E-state index is 12.6. The minimum Gasteiger partial charge on any atom is -0.388 e. The van der Waals surface area contributed by atoms with Crippen LogP contribution in [0, 0.1) is 23.7 Å². The van der Waals surface area contributed by atoms with Crippen LogP contribution in [0.15, 0.2) is 47.1 Å². The van der Waals surface area contributed by atoms with Gasteiger partial charge in [0, 0.05) is 44.6 Å². The van der Waals surface area contributed by atoms with E-state index in [2.05, 4.69) is 45.9 Å². The van der Waals surface area contributed by atoms with Gasteiger partial charge in [0.15, 0.2) is 18.4 Å². The lowest BCUT2D eigenvalue weighted by Gasteiger charge is -2.51. The summed E-state index contributed by atoms with van der Waals surface area (Å²) in [4.78, 5) is 0. The summed E-state index contributed by atoms with van der Waals surface area (Å²) in [5.74, 6) is 0.0482. The SMILES string of the molecule is CO[C@H]1C[C@H](O[C@@H]2/C(C)=C/C[C@@H]3C[C@@H](C[C@]4(CC[C@H](C)[C@@H](C5CCCCC5)O4)O3)OC3OC3[C@@H]3C=C(C)C[C@H]4OC/C(=C\C=C\[C@@H]2C)[C@]43O)O[C@@H](C)[C@@H]1O. The third-order valence-corrected chi connectivity index (χ3v) is 14.1. The van der Waals surface area contributed by atoms with Crippen LogP contribution in [0.4, 0.5) is 0 Å². The number of allylic oxidation sites excluding steroid dienone is 2. The van der Waals surface area contributed by atoms with Gasteiger partial charge in [-0.1, -0.05) is 69.1 Å². The van der Waals surface area contributed by atoms with Crippen LogP contribution in [0.5, 0.6) is 0 Å². The molecule has 1 spiro atoms. The second kappa shape index (κ2) is 16.1. The summed E-state index contributed by atoms with van der Waals surface area (Å²) < 4.78 is 52.5. The van der Waals surface area contributed by atoms with Crippen LogP contribution in [0.25, 0.3) is 0 Å². The molecule has 8 aliphatic rings. The van der Waals surface area contributed by atoms with Crippen molar-refractivity contribution >= 4 is 0 Å². The van der Waals surface area contributed by atoms with E-state index >= 15 is 0 Å². The zero-order chi connectivity index (χ0) is 37.8. The molecule has 16 atom stereocenters. The zero-order valence-corrected chi connectivity index (χ0v) is 33.4. The van der Waals surface area contributed by atoms with Gasteiger partial charge in [0.1, 0.15) is 17.8 Å². The van der Waals surface area contributed by atoms with Crippen LogP contribution < -0.4 is 0 Å². The van der Waals surface area contributed by atoms with Crippen molar-refractivity contribution in [3.63, 3.8) is 0 Å². The molecule has 6 aliphatic heterocycles. The molecule has 0 aromatic heterocycles. The van der Waals surface area contributed by atoms with E-state index in [1.807, 2.05) is 19.1 Å². The number of aliphatic hydroxyl groups is 2. The highest BCUT2D eigenvalue weighted by Crippen LogP contribution is 2.52. The fourth-order valence-electron chi connectivity index (χ4n) is 11.0. The number of hydrogen-bond acceptors (Lipinski definition) is 10. The van der Waals surface area contributed by atoms with Crippen molar-refractivity contribution in [3.05, 3.63) is 47.1 Å². The Bertz CT molecular complexity index is 1450. The average Bonchev–Trinajstić information content (AvgIpc) is 3.84. The highest BCUT2D eigenvalue weighted by molar-refractivity contribution is 5.37. The van der Waals surface area contributed by atoms with Gasteiger partial charge in [-0.2, -0.15) is 0 Å². The summed E-state index contributed by atoms with van der Waals surface area (Å²) in [5, 5.41) is 23.2. The molecule has 0 aromatic carbocycles. The van der Waals surface area contributed by atoms with E-state index in [4.69, 9.17) is 37.9 Å². The lowest BCUT2D eigenvalue weighted by molar-refractivity contribution is -0.345. The minimum atomic E-state index is -1.19. The van der Waals surface area contributed by atoms with Crippen molar-refractivity contribution in [1.29, 1.82) is 0 Å². The first-order valence-electron chi connectivity index (χ1n) is 21.2. The number of aliphatic hydroxyl groups excluding tert-OH is 1. The minimum absolute atomic E-state index is 0.0390. The van der Waals surface area contributed by atoms with Crippen molar-refractivity contribution in [2.75, 3.05) is 13.7 Å². The number of rotatable bonds is 4. The second-order valence-electron chi connectivity index (χ2n) is 18.1. The Morgan fingerprint density at radius 3 is 2.54 bits per heavy atom. The summed E-state index contributed by atoms with van der Waals surface area (Å²) in [5.41, 5.74) is 1.96. The van der Waals surface area contributed by atoms with Crippen LogP contribution in [0.3, 0.4) is 0 Å². The smallest absolute Gasteiger partial charge is 0.185 e. The highest BCUT2D eigenvalue weighted by Gasteiger charge is 2.62. The lowest BCUT2D eigenvalue weighted by atomic mass is 9.70. The Hall–Kier alpha value is -1.44.